The minimum atomic E-state index is -0.589. The highest BCUT2D eigenvalue weighted by Gasteiger charge is 2.16. The van der Waals surface area contributed by atoms with E-state index >= 15 is 0 Å². The molecule has 1 amide bonds. The van der Waals surface area contributed by atoms with Crippen LogP contribution in [0, 0.1) is 10.1 Å². The summed E-state index contributed by atoms with van der Waals surface area (Å²) in [5, 5.41) is 21.2. The number of aromatic amines is 1. The number of H-pyrrole nitrogens is 1. The Kier molecular flexibility index (Phi) is 3.35. The van der Waals surface area contributed by atoms with Crippen LogP contribution in [0.1, 0.15) is 10.4 Å². The maximum absolute atomic E-state index is 12.3. The quantitative estimate of drug-likeness (QED) is 0.556. The number of hydrogen-bond acceptors (Lipinski definition) is 7. The van der Waals surface area contributed by atoms with Crippen LogP contribution in [0.15, 0.2) is 34.6 Å². The van der Waals surface area contributed by atoms with Crippen molar-refractivity contribution in [2.45, 2.75) is 0 Å². The second-order valence-corrected chi connectivity index (χ2v) is 5.07. The number of nitro groups is 1. The van der Waals surface area contributed by atoms with Crippen molar-refractivity contribution in [3.63, 3.8) is 0 Å². The van der Waals surface area contributed by atoms with Gasteiger partial charge in [-0.3, -0.25) is 25.0 Å². The second-order valence-electron chi connectivity index (χ2n) is 4.23. The summed E-state index contributed by atoms with van der Waals surface area (Å²) in [7, 11) is 0. The molecule has 1 aromatic carbocycles. The highest BCUT2D eigenvalue weighted by molar-refractivity contribution is 7.13. The van der Waals surface area contributed by atoms with E-state index in [1.165, 1.54) is 23.7 Å². The highest BCUT2D eigenvalue weighted by Crippen LogP contribution is 2.22. The third-order valence-corrected chi connectivity index (χ3v) is 3.47. The van der Waals surface area contributed by atoms with Crippen LogP contribution in [0.2, 0.25) is 0 Å². The van der Waals surface area contributed by atoms with Crippen LogP contribution in [-0.2, 0) is 0 Å². The predicted octanol–water partition coefficient (Wildman–Crippen LogP) is 1.54. The van der Waals surface area contributed by atoms with E-state index in [1.54, 1.807) is 0 Å². The van der Waals surface area contributed by atoms with E-state index in [0.29, 0.717) is 5.52 Å². The Labute approximate surface area is 125 Å². The Balaban J connectivity index is 2.14. The largest absolute Gasteiger partial charge is 0.322 e. The lowest BCUT2D eigenvalue weighted by atomic mass is 10.1. The summed E-state index contributed by atoms with van der Waals surface area (Å²) in [5.74, 6) is -0.589. The van der Waals surface area contributed by atoms with E-state index < -0.39 is 16.4 Å². The normalized spacial score (nSPS) is 10.5. The first kappa shape index (κ1) is 13.8. The summed E-state index contributed by atoms with van der Waals surface area (Å²) in [6.45, 7) is 0. The SMILES string of the molecule is O=C(Nc1nncs1)c1cc(=O)[nH]c2ccc([N+](=O)[O-])cc12. The van der Waals surface area contributed by atoms with Gasteiger partial charge in [-0.05, 0) is 6.07 Å². The third-order valence-electron chi connectivity index (χ3n) is 2.86. The molecule has 2 heterocycles. The lowest BCUT2D eigenvalue weighted by Gasteiger charge is -2.05. The first-order chi connectivity index (χ1) is 10.5. The van der Waals surface area contributed by atoms with Gasteiger partial charge in [-0.1, -0.05) is 11.3 Å². The molecular formula is C12H7N5O4S. The van der Waals surface area contributed by atoms with Crippen LogP contribution in [0.4, 0.5) is 10.8 Å². The molecule has 10 heteroatoms. The van der Waals surface area contributed by atoms with Crippen LogP contribution >= 0.6 is 11.3 Å². The number of rotatable bonds is 3. The molecule has 0 atom stereocenters. The average molecular weight is 317 g/mol. The smallest absolute Gasteiger partial charge is 0.270 e. The van der Waals surface area contributed by atoms with Crippen molar-refractivity contribution in [1.82, 2.24) is 15.2 Å². The van der Waals surface area contributed by atoms with Gasteiger partial charge in [0.15, 0.2) is 0 Å². The van der Waals surface area contributed by atoms with Gasteiger partial charge in [-0.2, -0.15) is 0 Å². The molecule has 0 saturated carbocycles. The molecule has 9 nitrogen and oxygen atoms in total. The molecule has 0 aliphatic rings. The number of carbonyl (C=O) groups is 1. The standard InChI is InChI=1S/C12H7N5O4S/c18-10-4-8(11(19)15-12-16-13-5-22-12)7-3-6(17(20)21)1-2-9(7)14-10/h1-5H,(H,14,18)(H,15,16,19). The number of hydrogen-bond donors (Lipinski definition) is 2. The van der Waals surface area contributed by atoms with Gasteiger partial charge in [0.1, 0.15) is 5.51 Å². The lowest BCUT2D eigenvalue weighted by molar-refractivity contribution is -0.384. The summed E-state index contributed by atoms with van der Waals surface area (Å²) in [6.07, 6.45) is 0. The van der Waals surface area contributed by atoms with Crippen LogP contribution in [-0.4, -0.2) is 26.0 Å². The van der Waals surface area contributed by atoms with Gasteiger partial charge in [0.05, 0.1) is 10.5 Å². The second kappa shape index (κ2) is 5.33. The number of anilines is 1. The molecule has 0 aliphatic heterocycles. The summed E-state index contributed by atoms with van der Waals surface area (Å²) in [5.41, 5.74) is 1.14. The molecule has 3 aromatic rings. The number of benzene rings is 1. The zero-order chi connectivity index (χ0) is 15.7. The van der Waals surface area contributed by atoms with Crippen LogP contribution in [0.25, 0.3) is 10.9 Å². The lowest BCUT2D eigenvalue weighted by Crippen LogP contribution is -2.17. The molecule has 22 heavy (non-hydrogen) atoms. The number of pyridine rings is 1. The van der Waals surface area contributed by atoms with E-state index in [-0.39, 0.29) is 21.8 Å². The Morgan fingerprint density at radius 2 is 2.18 bits per heavy atom. The zero-order valence-corrected chi connectivity index (χ0v) is 11.6. The predicted molar refractivity (Wildman–Crippen MR) is 79.1 cm³/mol. The van der Waals surface area contributed by atoms with E-state index in [0.717, 1.165) is 17.4 Å². The minimum Gasteiger partial charge on any atom is -0.322 e. The van der Waals surface area contributed by atoms with Crippen molar-refractivity contribution in [2.75, 3.05) is 5.32 Å². The van der Waals surface area contributed by atoms with Crippen molar-refractivity contribution in [1.29, 1.82) is 0 Å². The van der Waals surface area contributed by atoms with Crippen LogP contribution < -0.4 is 10.9 Å². The molecular weight excluding hydrogens is 310 g/mol. The number of non-ortho nitro benzene ring substituents is 1. The summed E-state index contributed by atoms with van der Waals surface area (Å²) in [4.78, 5) is 36.7. The molecule has 0 fully saturated rings. The number of nitrogens with zero attached hydrogens (tertiary/aromatic N) is 3. The van der Waals surface area contributed by atoms with Gasteiger partial charge in [-0.25, -0.2) is 0 Å². The van der Waals surface area contributed by atoms with Gasteiger partial charge in [0.2, 0.25) is 10.7 Å². The van der Waals surface area contributed by atoms with Crippen molar-refractivity contribution >= 4 is 39.0 Å². The van der Waals surface area contributed by atoms with Gasteiger partial charge in [0, 0.05) is 29.1 Å². The first-order valence-electron chi connectivity index (χ1n) is 5.93. The average Bonchev–Trinajstić information content (AvgIpc) is 2.98. The molecule has 3 rings (SSSR count). The van der Waals surface area contributed by atoms with Gasteiger partial charge in [0.25, 0.3) is 11.6 Å². The number of carbonyl (C=O) groups excluding carboxylic acids is 1. The molecule has 0 aliphatic carbocycles. The fraction of sp³-hybridized carbons (Fsp3) is 0. The fourth-order valence-electron chi connectivity index (χ4n) is 1.94. The molecule has 0 spiro atoms. The molecule has 0 saturated heterocycles. The summed E-state index contributed by atoms with van der Waals surface area (Å²) in [6, 6.07) is 4.96. The van der Waals surface area contributed by atoms with Crippen LogP contribution in [0.3, 0.4) is 0 Å². The minimum absolute atomic E-state index is 0.0256. The van der Waals surface area contributed by atoms with Crippen LogP contribution in [0.5, 0.6) is 0 Å². The highest BCUT2D eigenvalue weighted by atomic mass is 32.1. The molecule has 0 radical (unpaired) electrons. The van der Waals surface area contributed by atoms with Crippen molar-refractivity contribution in [3.8, 4) is 0 Å². The fourth-order valence-corrected chi connectivity index (χ4v) is 2.38. The van der Waals surface area contributed by atoms with Gasteiger partial charge in [-0.15, -0.1) is 10.2 Å². The maximum atomic E-state index is 12.3. The molecule has 2 aromatic heterocycles. The number of nitro benzene ring substituents is 1. The molecule has 110 valence electrons. The Morgan fingerprint density at radius 1 is 1.36 bits per heavy atom. The molecule has 0 bridgehead atoms. The van der Waals surface area contributed by atoms with E-state index in [2.05, 4.69) is 20.5 Å². The summed E-state index contributed by atoms with van der Waals surface area (Å²) < 4.78 is 0. The maximum Gasteiger partial charge on any atom is 0.270 e. The van der Waals surface area contributed by atoms with Gasteiger partial charge < -0.3 is 4.98 Å². The number of amides is 1. The van der Waals surface area contributed by atoms with Gasteiger partial charge >= 0.3 is 0 Å². The Hall–Kier alpha value is -3.14. The summed E-state index contributed by atoms with van der Waals surface area (Å²) >= 11 is 1.12. The topological polar surface area (TPSA) is 131 Å². The molecule has 2 N–H and O–H groups in total. The number of nitrogens with one attached hydrogen (secondary N) is 2. The first-order valence-corrected chi connectivity index (χ1v) is 6.81. The zero-order valence-electron chi connectivity index (χ0n) is 10.8. The Bertz CT molecular complexity index is 934. The third kappa shape index (κ3) is 2.54. The molecule has 0 unspecified atom stereocenters. The number of fused-ring (bicyclic) bond motifs is 1. The van der Waals surface area contributed by atoms with E-state index in [4.69, 9.17) is 0 Å². The van der Waals surface area contributed by atoms with E-state index in [1.807, 2.05) is 0 Å². The monoisotopic (exact) mass is 317 g/mol. The van der Waals surface area contributed by atoms with Crippen molar-refractivity contribution < 1.29 is 9.72 Å². The van der Waals surface area contributed by atoms with Crippen molar-refractivity contribution in [3.05, 3.63) is 55.8 Å². The Morgan fingerprint density at radius 3 is 2.86 bits per heavy atom. The number of aromatic nitrogens is 3. The van der Waals surface area contributed by atoms with E-state index in [9.17, 15) is 19.7 Å². The van der Waals surface area contributed by atoms with Crippen molar-refractivity contribution in [2.24, 2.45) is 0 Å².